The Kier molecular flexibility index (Phi) is 6.41. The number of esters is 1. The van der Waals surface area contributed by atoms with E-state index in [2.05, 4.69) is 28.9 Å². The summed E-state index contributed by atoms with van der Waals surface area (Å²) in [5.41, 5.74) is 2.96. The second-order valence-corrected chi connectivity index (χ2v) is 5.70. The van der Waals surface area contributed by atoms with E-state index >= 15 is 0 Å². The summed E-state index contributed by atoms with van der Waals surface area (Å²) in [6.07, 6.45) is 3.40. The molecule has 0 saturated carbocycles. The molecule has 5 nitrogen and oxygen atoms in total. The molecule has 1 aromatic carbocycles. The van der Waals surface area contributed by atoms with Gasteiger partial charge in [0.15, 0.2) is 0 Å². The first-order valence-electron chi connectivity index (χ1n) is 8.48. The van der Waals surface area contributed by atoms with E-state index in [4.69, 9.17) is 9.47 Å². The molecule has 0 bridgehead atoms. The Morgan fingerprint density at radius 3 is 2.79 bits per heavy atom. The zero-order valence-corrected chi connectivity index (χ0v) is 15.0. The number of hydrogen-bond acceptors (Lipinski definition) is 4. The van der Waals surface area contributed by atoms with Gasteiger partial charge < -0.3 is 14.4 Å². The zero-order chi connectivity index (χ0) is 17.5. The number of carbonyl (C=O) groups excluding carboxylic acids is 1. The van der Waals surface area contributed by atoms with E-state index in [-0.39, 0.29) is 5.97 Å². The minimum Gasteiger partial charge on any atom is -0.494 e. The first-order chi connectivity index (χ1) is 11.5. The monoisotopic (exact) mass is 330 g/mol. The summed E-state index contributed by atoms with van der Waals surface area (Å²) < 4.78 is 10.5. The van der Waals surface area contributed by atoms with Gasteiger partial charge in [-0.3, -0.25) is 0 Å². The second kappa shape index (κ2) is 8.52. The van der Waals surface area contributed by atoms with Crippen LogP contribution in [0.15, 0.2) is 35.0 Å². The summed E-state index contributed by atoms with van der Waals surface area (Å²) in [5, 5.41) is 0. The van der Waals surface area contributed by atoms with E-state index in [1.165, 1.54) is 6.08 Å². The van der Waals surface area contributed by atoms with E-state index in [0.717, 1.165) is 42.2 Å². The Bertz CT molecular complexity index is 650. The van der Waals surface area contributed by atoms with Gasteiger partial charge in [0.25, 0.3) is 0 Å². The summed E-state index contributed by atoms with van der Waals surface area (Å²) in [5.74, 6) is 1.52. The lowest BCUT2D eigenvalue weighted by Crippen LogP contribution is -2.25. The van der Waals surface area contributed by atoms with Gasteiger partial charge in [0.05, 0.1) is 13.2 Å². The minimum absolute atomic E-state index is 0.346. The number of aryl methyl sites for hydroxylation is 1. The van der Waals surface area contributed by atoms with Crippen molar-refractivity contribution in [3.63, 3.8) is 0 Å². The highest BCUT2D eigenvalue weighted by Gasteiger charge is 2.22. The zero-order valence-electron chi connectivity index (χ0n) is 15.0. The van der Waals surface area contributed by atoms with Crippen molar-refractivity contribution >= 4 is 17.5 Å². The number of anilines is 1. The lowest BCUT2D eigenvalue weighted by atomic mass is 10.1. The van der Waals surface area contributed by atoms with E-state index in [1.807, 2.05) is 19.9 Å². The predicted molar refractivity (Wildman–Crippen MR) is 96.8 cm³/mol. The maximum Gasteiger partial charge on any atom is 0.332 e. The number of rotatable bonds is 6. The lowest BCUT2D eigenvalue weighted by molar-refractivity contribution is -0.137. The lowest BCUT2D eigenvalue weighted by Gasteiger charge is -2.22. The Hall–Kier alpha value is -2.30. The Morgan fingerprint density at radius 2 is 2.12 bits per heavy atom. The highest BCUT2D eigenvalue weighted by atomic mass is 16.5. The van der Waals surface area contributed by atoms with Gasteiger partial charge in [-0.05, 0) is 57.9 Å². The molecule has 0 unspecified atom stereocenters. The third kappa shape index (κ3) is 4.60. The molecule has 0 amide bonds. The van der Waals surface area contributed by atoms with Crippen LogP contribution in [0, 0.1) is 6.92 Å². The SMILES string of the molecule is CCOC(=O)/C=C(\C)N=C1CCCN1c1ccc(OCC)cc1C. The Labute approximate surface area is 144 Å². The van der Waals surface area contributed by atoms with Crippen molar-refractivity contribution in [3.05, 3.63) is 35.5 Å². The van der Waals surface area contributed by atoms with Crippen molar-refractivity contribution < 1.29 is 14.3 Å². The maximum absolute atomic E-state index is 11.5. The fourth-order valence-electron chi connectivity index (χ4n) is 2.81. The standard InChI is InChI=1S/C19H26N2O3/c1-5-23-16-9-10-17(14(3)12-16)21-11-7-8-18(21)20-15(4)13-19(22)24-6-2/h9-10,12-13H,5-8,11H2,1-4H3/b15-13+,20-18?. The van der Waals surface area contributed by atoms with Crippen LogP contribution >= 0.6 is 0 Å². The fourth-order valence-corrected chi connectivity index (χ4v) is 2.81. The van der Waals surface area contributed by atoms with Gasteiger partial charge in [0.2, 0.25) is 0 Å². The topological polar surface area (TPSA) is 51.1 Å². The molecule has 0 aliphatic carbocycles. The first kappa shape index (κ1) is 18.0. The summed E-state index contributed by atoms with van der Waals surface area (Å²) >= 11 is 0. The molecule has 1 aliphatic heterocycles. The molecule has 0 spiro atoms. The molecule has 1 saturated heterocycles. The van der Waals surface area contributed by atoms with Crippen molar-refractivity contribution in [1.82, 2.24) is 0 Å². The summed E-state index contributed by atoms with van der Waals surface area (Å²) in [6.45, 7) is 9.64. The van der Waals surface area contributed by atoms with Crippen LogP contribution in [0.1, 0.15) is 39.2 Å². The van der Waals surface area contributed by atoms with Crippen LogP contribution in [0.25, 0.3) is 0 Å². The predicted octanol–water partition coefficient (Wildman–Crippen LogP) is 3.86. The molecule has 0 atom stereocenters. The third-order valence-electron chi connectivity index (χ3n) is 3.78. The average Bonchev–Trinajstić information content (AvgIpc) is 2.95. The molecular weight excluding hydrogens is 304 g/mol. The number of nitrogens with zero attached hydrogens (tertiary/aromatic N) is 2. The number of hydrogen-bond donors (Lipinski definition) is 0. The van der Waals surface area contributed by atoms with Gasteiger partial charge in [0, 0.05) is 30.4 Å². The van der Waals surface area contributed by atoms with E-state index in [1.54, 1.807) is 6.92 Å². The van der Waals surface area contributed by atoms with E-state index < -0.39 is 0 Å². The number of aliphatic imine (C=N–C) groups is 1. The van der Waals surface area contributed by atoms with Crippen LogP contribution in [0.2, 0.25) is 0 Å². The third-order valence-corrected chi connectivity index (χ3v) is 3.78. The van der Waals surface area contributed by atoms with Crippen molar-refractivity contribution in [2.75, 3.05) is 24.7 Å². The molecule has 1 heterocycles. The average molecular weight is 330 g/mol. The van der Waals surface area contributed by atoms with Gasteiger partial charge in [-0.2, -0.15) is 0 Å². The van der Waals surface area contributed by atoms with Crippen molar-refractivity contribution in [2.45, 2.75) is 40.5 Å². The summed E-state index contributed by atoms with van der Waals surface area (Å²) in [4.78, 5) is 18.4. The summed E-state index contributed by atoms with van der Waals surface area (Å²) in [6, 6.07) is 6.12. The molecule has 1 aliphatic rings. The smallest absolute Gasteiger partial charge is 0.332 e. The van der Waals surface area contributed by atoms with Crippen LogP contribution < -0.4 is 9.64 Å². The number of ether oxygens (including phenoxy) is 2. The van der Waals surface area contributed by atoms with Gasteiger partial charge in [0.1, 0.15) is 11.6 Å². The van der Waals surface area contributed by atoms with Crippen LogP contribution in [-0.4, -0.2) is 31.6 Å². The molecule has 5 heteroatoms. The number of carbonyl (C=O) groups is 1. The molecule has 130 valence electrons. The number of amidine groups is 1. The quantitative estimate of drug-likeness (QED) is 0.587. The van der Waals surface area contributed by atoms with Crippen molar-refractivity contribution in [1.29, 1.82) is 0 Å². The minimum atomic E-state index is -0.346. The van der Waals surface area contributed by atoms with Gasteiger partial charge in [-0.1, -0.05) is 0 Å². The molecule has 1 fully saturated rings. The molecule has 0 radical (unpaired) electrons. The molecular formula is C19H26N2O3. The van der Waals surface area contributed by atoms with Crippen LogP contribution in [0.3, 0.4) is 0 Å². The molecule has 2 rings (SSSR count). The Morgan fingerprint density at radius 1 is 1.33 bits per heavy atom. The highest BCUT2D eigenvalue weighted by Crippen LogP contribution is 2.29. The first-order valence-corrected chi connectivity index (χ1v) is 8.48. The molecule has 0 aromatic heterocycles. The maximum atomic E-state index is 11.5. The van der Waals surface area contributed by atoms with Gasteiger partial charge >= 0.3 is 5.97 Å². The van der Waals surface area contributed by atoms with Gasteiger partial charge in [-0.25, -0.2) is 9.79 Å². The van der Waals surface area contributed by atoms with Crippen molar-refractivity contribution in [2.24, 2.45) is 4.99 Å². The van der Waals surface area contributed by atoms with E-state index in [9.17, 15) is 4.79 Å². The number of benzene rings is 1. The Balaban J connectivity index is 2.21. The largest absolute Gasteiger partial charge is 0.494 e. The van der Waals surface area contributed by atoms with Crippen LogP contribution in [-0.2, 0) is 9.53 Å². The highest BCUT2D eigenvalue weighted by molar-refractivity contribution is 6.01. The van der Waals surface area contributed by atoms with Crippen molar-refractivity contribution in [3.8, 4) is 5.75 Å². The fraction of sp³-hybridized carbons (Fsp3) is 0.474. The molecule has 1 aromatic rings. The molecule has 24 heavy (non-hydrogen) atoms. The van der Waals surface area contributed by atoms with Gasteiger partial charge in [-0.15, -0.1) is 0 Å². The normalized spacial score (nSPS) is 16.6. The summed E-state index contributed by atoms with van der Waals surface area (Å²) in [7, 11) is 0. The van der Waals surface area contributed by atoms with E-state index in [0.29, 0.717) is 18.9 Å². The van der Waals surface area contributed by atoms with Crippen LogP contribution in [0.4, 0.5) is 5.69 Å². The van der Waals surface area contributed by atoms with Crippen LogP contribution in [0.5, 0.6) is 5.75 Å². The molecule has 0 N–H and O–H groups in total. The second-order valence-electron chi connectivity index (χ2n) is 5.70. The number of allylic oxidation sites excluding steroid dienone is 1.